The van der Waals surface area contributed by atoms with Gasteiger partial charge in [0.25, 0.3) is 5.91 Å². The molecule has 146 valence electrons. The van der Waals surface area contributed by atoms with E-state index in [1.165, 1.54) is 10.5 Å². The number of anilines is 1. The van der Waals surface area contributed by atoms with Crippen molar-refractivity contribution in [2.24, 2.45) is 0 Å². The molecule has 5 nitrogen and oxygen atoms in total. The van der Waals surface area contributed by atoms with Gasteiger partial charge in [-0.15, -0.1) is 0 Å². The molecule has 2 aromatic carbocycles. The first-order valence-corrected chi connectivity index (χ1v) is 10.1. The topological polar surface area (TPSA) is 43.9 Å². The maximum Gasteiger partial charge on any atom is 0.251 e. The fourth-order valence-electron chi connectivity index (χ4n) is 3.89. The van der Waals surface area contributed by atoms with Crippen LogP contribution in [0.15, 0.2) is 48.5 Å². The molecule has 2 saturated heterocycles. The second-order valence-electron chi connectivity index (χ2n) is 7.16. The first kappa shape index (κ1) is 19.4. The Bertz CT molecular complexity index is 882. The van der Waals surface area contributed by atoms with E-state index in [4.69, 9.17) is 23.2 Å². The van der Waals surface area contributed by atoms with Crippen LogP contribution in [0.2, 0.25) is 10.0 Å². The molecule has 0 bridgehead atoms. The Labute approximate surface area is 174 Å². The van der Waals surface area contributed by atoms with Crippen LogP contribution in [0.4, 0.5) is 5.69 Å². The Morgan fingerprint density at radius 3 is 2.32 bits per heavy atom. The fraction of sp³-hybridized carbons (Fsp3) is 0.333. The minimum Gasteiger partial charge on any atom is -0.297 e. The van der Waals surface area contributed by atoms with Gasteiger partial charge in [-0.1, -0.05) is 59.6 Å². The lowest BCUT2D eigenvalue weighted by atomic mass is 10.1. The Hall–Kier alpha value is -1.92. The van der Waals surface area contributed by atoms with Crippen molar-refractivity contribution in [1.29, 1.82) is 0 Å². The van der Waals surface area contributed by atoms with E-state index in [1.807, 2.05) is 18.2 Å². The van der Waals surface area contributed by atoms with Gasteiger partial charge >= 0.3 is 0 Å². The SMILES string of the molecule is O=C1C[C@@H](N2CCN(Cc3ccccc3)CC2)C(=O)N1c1cccc(Cl)c1Cl. The van der Waals surface area contributed by atoms with Gasteiger partial charge < -0.3 is 0 Å². The van der Waals surface area contributed by atoms with E-state index in [1.54, 1.807) is 18.2 Å². The number of carbonyl (C=O) groups excluding carboxylic acids is 2. The normalized spacial score (nSPS) is 21.5. The minimum absolute atomic E-state index is 0.181. The number of rotatable bonds is 4. The van der Waals surface area contributed by atoms with E-state index in [0.717, 1.165) is 32.7 Å². The van der Waals surface area contributed by atoms with Gasteiger partial charge in [-0.25, -0.2) is 4.90 Å². The summed E-state index contributed by atoms with van der Waals surface area (Å²) in [6, 6.07) is 14.9. The number of imide groups is 1. The van der Waals surface area contributed by atoms with Gasteiger partial charge in [0.05, 0.1) is 28.2 Å². The molecule has 2 aromatic rings. The van der Waals surface area contributed by atoms with Gasteiger partial charge in [-0.3, -0.25) is 19.4 Å². The van der Waals surface area contributed by atoms with Crippen LogP contribution in [-0.2, 0) is 16.1 Å². The lowest BCUT2D eigenvalue weighted by Crippen LogP contribution is -2.52. The molecule has 28 heavy (non-hydrogen) atoms. The number of benzene rings is 2. The van der Waals surface area contributed by atoms with Crippen LogP contribution in [-0.4, -0.2) is 53.8 Å². The van der Waals surface area contributed by atoms with E-state index in [-0.39, 0.29) is 23.3 Å². The molecular weight excluding hydrogens is 397 g/mol. The predicted octanol–water partition coefficient (Wildman–Crippen LogP) is 3.44. The highest BCUT2D eigenvalue weighted by Crippen LogP contribution is 2.36. The van der Waals surface area contributed by atoms with Gasteiger partial charge in [0, 0.05) is 32.7 Å². The summed E-state index contributed by atoms with van der Waals surface area (Å²) in [5.74, 6) is -0.448. The summed E-state index contributed by atoms with van der Waals surface area (Å²) >= 11 is 12.3. The Kier molecular flexibility index (Phi) is 5.69. The van der Waals surface area contributed by atoms with Gasteiger partial charge in [-0.2, -0.15) is 0 Å². The zero-order chi connectivity index (χ0) is 19.7. The average molecular weight is 418 g/mol. The van der Waals surface area contributed by atoms with Crippen LogP contribution in [0.5, 0.6) is 0 Å². The highest BCUT2D eigenvalue weighted by Gasteiger charge is 2.44. The lowest BCUT2D eigenvalue weighted by Gasteiger charge is -2.37. The zero-order valence-corrected chi connectivity index (χ0v) is 16.9. The van der Waals surface area contributed by atoms with Crippen molar-refractivity contribution in [3.05, 3.63) is 64.1 Å². The average Bonchev–Trinajstić information content (AvgIpc) is 3.00. The monoisotopic (exact) mass is 417 g/mol. The zero-order valence-electron chi connectivity index (χ0n) is 15.4. The van der Waals surface area contributed by atoms with Crippen LogP contribution in [0, 0.1) is 0 Å². The van der Waals surface area contributed by atoms with Gasteiger partial charge in [0.2, 0.25) is 5.91 Å². The van der Waals surface area contributed by atoms with E-state index in [0.29, 0.717) is 10.7 Å². The summed E-state index contributed by atoms with van der Waals surface area (Å²) in [6.07, 6.45) is 0.181. The van der Waals surface area contributed by atoms with Crippen LogP contribution in [0.3, 0.4) is 0 Å². The molecule has 0 aliphatic carbocycles. The molecule has 0 unspecified atom stereocenters. The maximum absolute atomic E-state index is 13.0. The Morgan fingerprint density at radius 1 is 0.893 bits per heavy atom. The van der Waals surface area contributed by atoms with Crippen LogP contribution >= 0.6 is 23.2 Å². The first-order chi connectivity index (χ1) is 13.5. The van der Waals surface area contributed by atoms with E-state index >= 15 is 0 Å². The third kappa shape index (κ3) is 3.80. The smallest absolute Gasteiger partial charge is 0.251 e. The highest BCUT2D eigenvalue weighted by atomic mass is 35.5. The quantitative estimate of drug-likeness (QED) is 0.714. The molecule has 0 radical (unpaired) electrons. The summed E-state index contributed by atoms with van der Waals surface area (Å²) < 4.78 is 0. The third-order valence-corrected chi connectivity index (χ3v) is 6.20. The third-order valence-electron chi connectivity index (χ3n) is 5.39. The van der Waals surface area contributed by atoms with Gasteiger partial charge in [-0.05, 0) is 17.7 Å². The number of hydrogen-bond donors (Lipinski definition) is 0. The highest BCUT2D eigenvalue weighted by molar-refractivity contribution is 6.44. The Balaban J connectivity index is 1.41. The molecule has 0 saturated carbocycles. The van der Waals surface area contributed by atoms with Crippen molar-refractivity contribution < 1.29 is 9.59 Å². The molecule has 0 aromatic heterocycles. The Morgan fingerprint density at radius 2 is 1.61 bits per heavy atom. The molecule has 4 rings (SSSR count). The van der Waals surface area contributed by atoms with Crippen LogP contribution in [0.1, 0.15) is 12.0 Å². The summed E-state index contributed by atoms with van der Waals surface area (Å²) in [6.45, 7) is 4.15. The lowest BCUT2D eigenvalue weighted by molar-refractivity contribution is -0.123. The number of carbonyl (C=O) groups is 2. The molecule has 2 heterocycles. The molecule has 0 spiro atoms. The number of halogens is 2. The number of hydrogen-bond acceptors (Lipinski definition) is 4. The molecule has 1 atom stereocenters. The number of amides is 2. The standard InChI is InChI=1S/C21H21Cl2N3O2/c22-16-7-4-8-17(20(16)23)26-19(27)13-18(21(26)28)25-11-9-24(10-12-25)14-15-5-2-1-3-6-15/h1-8,18H,9-14H2/t18-/m1/s1. The van der Waals surface area contributed by atoms with E-state index < -0.39 is 6.04 Å². The summed E-state index contributed by atoms with van der Waals surface area (Å²) in [4.78, 5) is 31.2. The van der Waals surface area contributed by atoms with Gasteiger partial charge in [0.15, 0.2) is 0 Å². The van der Waals surface area contributed by atoms with Crippen molar-refractivity contribution in [2.75, 3.05) is 31.1 Å². The van der Waals surface area contributed by atoms with E-state index in [2.05, 4.69) is 21.9 Å². The molecule has 2 aliphatic rings. The number of piperazine rings is 1. The molecule has 2 aliphatic heterocycles. The second-order valence-corrected chi connectivity index (χ2v) is 7.94. The predicted molar refractivity (Wildman–Crippen MR) is 111 cm³/mol. The van der Waals surface area contributed by atoms with Crippen molar-refractivity contribution in [3.8, 4) is 0 Å². The summed E-state index contributed by atoms with van der Waals surface area (Å²) in [5.41, 5.74) is 1.65. The van der Waals surface area contributed by atoms with Crippen molar-refractivity contribution >= 4 is 40.7 Å². The molecule has 7 heteroatoms. The van der Waals surface area contributed by atoms with E-state index in [9.17, 15) is 9.59 Å². The fourth-order valence-corrected chi connectivity index (χ4v) is 4.27. The van der Waals surface area contributed by atoms with Crippen molar-refractivity contribution in [2.45, 2.75) is 19.0 Å². The molecular formula is C21H21Cl2N3O2. The molecule has 2 fully saturated rings. The van der Waals surface area contributed by atoms with Crippen LogP contribution < -0.4 is 4.90 Å². The summed E-state index contributed by atoms with van der Waals surface area (Å²) in [7, 11) is 0. The van der Waals surface area contributed by atoms with Crippen molar-refractivity contribution in [1.82, 2.24) is 9.80 Å². The number of nitrogens with zero attached hydrogens (tertiary/aromatic N) is 3. The van der Waals surface area contributed by atoms with Gasteiger partial charge in [0.1, 0.15) is 0 Å². The summed E-state index contributed by atoms with van der Waals surface area (Å²) in [5, 5.41) is 0.567. The minimum atomic E-state index is -0.429. The van der Waals surface area contributed by atoms with Crippen LogP contribution in [0.25, 0.3) is 0 Å². The molecule has 0 N–H and O–H groups in total. The molecule has 2 amide bonds. The van der Waals surface area contributed by atoms with Crippen molar-refractivity contribution in [3.63, 3.8) is 0 Å². The maximum atomic E-state index is 13.0. The second kappa shape index (κ2) is 8.21. The largest absolute Gasteiger partial charge is 0.297 e. The first-order valence-electron chi connectivity index (χ1n) is 9.36.